The maximum Gasteiger partial charge on any atom is 0.161 e. The van der Waals surface area contributed by atoms with Crippen LogP contribution in [0.4, 0.5) is 13.2 Å². The smallest absolute Gasteiger partial charge is 0.161 e. The van der Waals surface area contributed by atoms with Crippen LogP contribution in [0, 0.1) is 17.5 Å². The van der Waals surface area contributed by atoms with E-state index in [2.05, 4.69) is 0 Å². The Bertz CT molecular complexity index is 335. The van der Waals surface area contributed by atoms with E-state index in [1.807, 2.05) is 0 Å². The lowest BCUT2D eigenvalue weighted by Crippen LogP contribution is -2.14. The first kappa shape index (κ1) is 14.2. The van der Waals surface area contributed by atoms with Crippen molar-refractivity contribution in [2.75, 3.05) is 6.61 Å². The minimum Gasteiger partial charge on any atom is -0.396 e. The number of hydrogen-bond acceptors (Lipinski definition) is 2. The van der Waals surface area contributed by atoms with Crippen LogP contribution >= 0.6 is 12.4 Å². The first-order valence-corrected chi connectivity index (χ1v) is 4.07. The molecular weight excluding hydrogens is 231 g/mol. The van der Waals surface area contributed by atoms with Crippen molar-refractivity contribution in [1.29, 1.82) is 0 Å². The lowest BCUT2D eigenvalue weighted by Gasteiger charge is -2.11. The molecule has 0 aliphatic carbocycles. The third-order valence-corrected chi connectivity index (χ3v) is 1.88. The van der Waals surface area contributed by atoms with E-state index in [4.69, 9.17) is 10.8 Å². The summed E-state index contributed by atoms with van der Waals surface area (Å²) in [6.07, 6.45) is 0.0992. The molecule has 6 heteroatoms. The Kier molecular flexibility index (Phi) is 5.64. The van der Waals surface area contributed by atoms with Crippen molar-refractivity contribution in [2.24, 2.45) is 5.73 Å². The molecule has 0 amide bonds. The van der Waals surface area contributed by atoms with Crippen molar-refractivity contribution in [2.45, 2.75) is 12.5 Å². The molecule has 1 atom stereocenters. The fraction of sp³-hybridized carbons (Fsp3) is 0.333. The van der Waals surface area contributed by atoms with E-state index in [-0.39, 0.29) is 31.0 Å². The summed E-state index contributed by atoms with van der Waals surface area (Å²) in [6.45, 7) is -0.237. The van der Waals surface area contributed by atoms with Crippen molar-refractivity contribution in [3.8, 4) is 0 Å². The van der Waals surface area contributed by atoms with E-state index in [1.165, 1.54) is 0 Å². The van der Waals surface area contributed by atoms with Gasteiger partial charge in [0.1, 0.15) is 5.82 Å². The van der Waals surface area contributed by atoms with Gasteiger partial charge in [0.2, 0.25) is 0 Å². The molecule has 0 spiro atoms. The number of rotatable bonds is 3. The fourth-order valence-corrected chi connectivity index (χ4v) is 1.12. The van der Waals surface area contributed by atoms with Gasteiger partial charge in [-0.15, -0.1) is 12.4 Å². The van der Waals surface area contributed by atoms with E-state index in [9.17, 15) is 13.2 Å². The summed E-state index contributed by atoms with van der Waals surface area (Å²) in [5, 5.41) is 8.54. The van der Waals surface area contributed by atoms with Gasteiger partial charge in [0.15, 0.2) is 11.6 Å². The van der Waals surface area contributed by atoms with Gasteiger partial charge in [0, 0.05) is 24.3 Å². The van der Waals surface area contributed by atoms with Gasteiger partial charge in [-0.3, -0.25) is 0 Å². The number of halogens is 4. The second-order valence-electron chi connectivity index (χ2n) is 2.91. The van der Waals surface area contributed by atoms with E-state index in [0.717, 1.165) is 0 Å². The maximum atomic E-state index is 13.0. The summed E-state index contributed by atoms with van der Waals surface area (Å²) in [5.41, 5.74) is 5.31. The number of aliphatic hydroxyl groups excluding tert-OH is 1. The highest BCUT2D eigenvalue weighted by atomic mass is 35.5. The SMILES string of the molecule is Cl.N[C@H](CCO)c1cc(F)c(F)cc1F. The van der Waals surface area contributed by atoms with E-state index >= 15 is 0 Å². The van der Waals surface area contributed by atoms with Crippen LogP contribution in [0.15, 0.2) is 12.1 Å². The van der Waals surface area contributed by atoms with E-state index < -0.39 is 23.5 Å². The first-order chi connectivity index (χ1) is 6.56. The molecule has 0 aliphatic rings. The molecule has 1 aromatic carbocycles. The Morgan fingerprint density at radius 3 is 2.20 bits per heavy atom. The molecule has 0 unspecified atom stereocenters. The number of aliphatic hydroxyl groups is 1. The van der Waals surface area contributed by atoms with Gasteiger partial charge in [-0.05, 0) is 12.5 Å². The van der Waals surface area contributed by atoms with Gasteiger partial charge in [-0.2, -0.15) is 0 Å². The third-order valence-electron chi connectivity index (χ3n) is 1.88. The van der Waals surface area contributed by atoms with Crippen molar-refractivity contribution in [1.82, 2.24) is 0 Å². The highest BCUT2D eigenvalue weighted by molar-refractivity contribution is 5.85. The van der Waals surface area contributed by atoms with Gasteiger partial charge in [0.25, 0.3) is 0 Å². The van der Waals surface area contributed by atoms with Crippen molar-refractivity contribution >= 4 is 12.4 Å². The molecule has 0 heterocycles. The Morgan fingerprint density at radius 2 is 1.67 bits per heavy atom. The molecular formula is C9H11ClF3NO. The van der Waals surface area contributed by atoms with Gasteiger partial charge in [-0.1, -0.05) is 0 Å². The van der Waals surface area contributed by atoms with Gasteiger partial charge in [-0.25, -0.2) is 13.2 Å². The Morgan fingerprint density at radius 1 is 1.13 bits per heavy atom. The standard InChI is InChI=1S/C9H10F3NO.ClH/c10-6-4-8(12)7(11)3-5(6)9(13)1-2-14;/h3-4,9,14H,1-2,13H2;1H/t9-;/m1./s1. The Labute approximate surface area is 91.3 Å². The normalized spacial score (nSPS) is 12.1. The van der Waals surface area contributed by atoms with Crippen LogP contribution in [-0.4, -0.2) is 11.7 Å². The van der Waals surface area contributed by atoms with Crippen LogP contribution in [0.3, 0.4) is 0 Å². The van der Waals surface area contributed by atoms with Crippen molar-refractivity contribution < 1.29 is 18.3 Å². The van der Waals surface area contributed by atoms with Gasteiger partial charge in [0.05, 0.1) is 0 Å². The third kappa shape index (κ3) is 3.37. The van der Waals surface area contributed by atoms with Crippen LogP contribution in [0.1, 0.15) is 18.0 Å². The second-order valence-corrected chi connectivity index (χ2v) is 2.91. The Hall–Kier alpha value is -0.780. The second kappa shape index (κ2) is 5.95. The number of hydrogen-bond donors (Lipinski definition) is 2. The average molecular weight is 242 g/mol. The summed E-state index contributed by atoms with van der Waals surface area (Å²) >= 11 is 0. The molecule has 0 aromatic heterocycles. The van der Waals surface area contributed by atoms with Crippen molar-refractivity contribution in [3.63, 3.8) is 0 Å². The summed E-state index contributed by atoms with van der Waals surface area (Å²) in [5.74, 6) is -3.29. The molecule has 0 saturated carbocycles. The van der Waals surface area contributed by atoms with E-state index in [1.54, 1.807) is 0 Å². The van der Waals surface area contributed by atoms with Gasteiger partial charge < -0.3 is 10.8 Å². The highest BCUT2D eigenvalue weighted by Gasteiger charge is 2.15. The lowest BCUT2D eigenvalue weighted by molar-refractivity contribution is 0.275. The summed E-state index contributed by atoms with van der Waals surface area (Å²) in [6, 6.07) is 0.336. The van der Waals surface area contributed by atoms with Crippen LogP contribution in [0.25, 0.3) is 0 Å². The minimum atomic E-state index is -1.25. The molecule has 1 aromatic rings. The minimum absolute atomic E-state index is 0. The highest BCUT2D eigenvalue weighted by Crippen LogP contribution is 2.20. The quantitative estimate of drug-likeness (QED) is 0.794. The largest absolute Gasteiger partial charge is 0.396 e. The zero-order chi connectivity index (χ0) is 10.7. The molecule has 86 valence electrons. The number of benzene rings is 1. The summed E-state index contributed by atoms with van der Waals surface area (Å²) < 4.78 is 38.2. The molecule has 1 rings (SSSR count). The molecule has 0 fully saturated rings. The lowest BCUT2D eigenvalue weighted by atomic mass is 10.0. The maximum absolute atomic E-state index is 13.0. The average Bonchev–Trinajstić information content (AvgIpc) is 2.11. The first-order valence-electron chi connectivity index (χ1n) is 4.07. The van der Waals surface area contributed by atoms with Crippen molar-refractivity contribution in [3.05, 3.63) is 35.1 Å². The Balaban J connectivity index is 0.00000196. The monoisotopic (exact) mass is 241 g/mol. The summed E-state index contributed by atoms with van der Waals surface area (Å²) in [4.78, 5) is 0. The predicted molar refractivity (Wildman–Crippen MR) is 52.2 cm³/mol. The molecule has 0 bridgehead atoms. The topological polar surface area (TPSA) is 46.2 Å². The van der Waals surface area contributed by atoms with Crippen LogP contribution in [-0.2, 0) is 0 Å². The zero-order valence-corrected chi connectivity index (χ0v) is 8.53. The van der Waals surface area contributed by atoms with Gasteiger partial charge >= 0.3 is 0 Å². The molecule has 0 saturated heterocycles. The number of nitrogens with two attached hydrogens (primary N) is 1. The predicted octanol–water partition coefficient (Wildman–Crippen LogP) is 1.91. The van der Waals surface area contributed by atoms with Crippen LogP contribution < -0.4 is 5.73 Å². The molecule has 2 nitrogen and oxygen atoms in total. The zero-order valence-electron chi connectivity index (χ0n) is 7.71. The fourth-order valence-electron chi connectivity index (χ4n) is 1.12. The summed E-state index contributed by atoms with van der Waals surface area (Å²) in [7, 11) is 0. The van der Waals surface area contributed by atoms with Crippen LogP contribution in [0.5, 0.6) is 0 Å². The molecule has 3 N–H and O–H groups in total. The molecule has 15 heavy (non-hydrogen) atoms. The molecule has 0 aliphatic heterocycles. The van der Waals surface area contributed by atoms with E-state index in [0.29, 0.717) is 12.1 Å². The molecule has 0 radical (unpaired) electrons. The van der Waals surface area contributed by atoms with Crippen LogP contribution in [0.2, 0.25) is 0 Å².